The van der Waals surface area contributed by atoms with Gasteiger partial charge in [0.1, 0.15) is 12.4 Å². The van der Waals surface area contributed by atoms with E-state index in [0.29, 0.717) is 29.2 Å². The highest BCUT2D eigenvalue weighted by Gasteiger charge is 2.36. The lowest BCUT2D eigenvalue weighted by molar-refractivity contribution is -0.385. The molecule has 1 aliphatic heterocycles. The Morgan fingerprint density at radius 1 is 1.00 bits per heavy atom. The van der Waals surface area contributed by atoms with Crippen molar-refractivity contribution in [3.63, 3.8) is 0 Å². The zero-order valence-electron chi connectivity index (χ0n) is 19.2. The van der Waals surface area contributed by atoms with Crippen LogP contribution in [0.2, 0.25) is 0 Å². The first-order valence-electron chi connectivity index (χ1n) is 11.0. The van der Waals surface area contributed by atoms with Crippen molar-refractivity contribution in [2.24, 2.45) is 0 Å². The summed E-state index contributed by atoms with van der Waals surface area (Å²) in [6.07, 6.45) is 1.55. The molecule has 8 nitrogen and oxygen atoms in total. The number of carbonyl (C=O) groups excluding carboxylic acids is 2. The van der Waals surface area contributed by atoms with Gasteiger partial charge in [0.2, 0.25) is 0 Å². The van der Waals surface area contributed by atoms with Crippen LogP contribution in [-0.4, -0.2) is 27.6 Å². The minimum absolute atomic E-state index is 0.0105. The summed E-state index contributed by atoms with van der Waals surface area (Å²) >= 11 is 0.758. The van der Waals surface area contributed by atoms with E-state index in [1.807, 2.05) is 0 Å². The number of imide groups is 1. The van der Waals surface area contributed by atoms with Crippen LogP contribution in [0.5, 0.6) is 11.5 Å². The molecule has 0 atom stereocenters. The molecule has 0 radical (unpaired) electrons. The minimum Gasteiger partial charge on any atom is -0.490 e. The first kappa shape index (κ1) is 24.9. The van der Waals surface area contributed by atoms with Gasteiger partial charge in [0.25, 0.3) is 16.8 Å². The highest BCUT2D eigenvalue weighted by atomic mass is 32.2. The summed E-state index contributed by atoms with van der Waals surface area (Å²) in [6, 6.07) is 17.3. The first-order chi connectivity index (χ1) is 17.4. The fourth-order valence-corrected chi connectivity index (χ4v) is 4.39. The van der Waals surface area contributed by atoms with Crippen LogP contribution in [0.4, 0.5) is 14.9 Å². The molecular weight excluding hydrogens is 487 g/mol. The maximum Gasteiger partial charge on any atom is 0.293 e. The van der Waals surface area contributed by atoms with Gasteiger partial charge in [-0.1, -0.05) is 42.5 Å². The molecule has 1 heterocycles. The second-order valence-electron chi connectivity index (χ2n) is 7.67. The monoisotopic (exact) mass is 508 g/mol. The molecule has 3 aromatic carbocycles. The fraction of sp³-hybridized carbons (Fsp3) is 0.154. The smallest absolute Gasteiger partial charge is 0.293 e. The van der Waals surface area contributed by atoms with Gasteiger partial charge >= 0.3 is 0 Å². The molecular formula is C26H21FN2O6S. The first-order valence-corrected chi connectivity index (χ1v) is 11.8. The van der Waals surface area contributed by atoms with Crippen molar-refractivity contribution in [2.45, 2.75) is 20.1 Å². The van der Waals surface area contributed by atoms with Gasteiger partial charge in [-0.05, 0) is 48.5 Å². The zero-order valence-corrected chi connectivity index (χ0v) is 20.0. The molecule has 184 valence electrons. The highest BCUT2D eigenvalue weighted by molar-refractivity contribution is 8.18. The number of nitro groups is 1. The Balaban J connectivity index is 1.53. The zero-order chi connectivity index (χ0) is 25.7. The van der Waals surface area contributed by atoms with Gasteiger partial charge in [-0.3, -0.25) is 24.6 Å². The number of benzene rings is 3. The average molecular weight is 509 g/mol. The van der Waals surface area contributed by atoms with Crippen LogP contribution in [0.25, 0.3) is 6.08 Å². The standard InChI is InChI=1S/C26H21FN2O6S/c1-2-34-23-13-17(11-12-22(23)35-16-19-8-3-5-9-20(19)27)14-24-25(30)28(26(31)36-24)15-18-7-4-6-10-21(18)29(32)33/h3-14H,2,15-16H2,1H3/b24-14+. The van der Waals surface area contributed by atoms with E-state index in [9.17, 15) is 24.1 Å². The van der Waals surface area contributed by atoms with E-state index in [1.165, 1.54) is 24.3 Å². The topological polar surface area (TPSA) is 99.0 Å². The third kappa shape index (κ3) is 5.55. The number of ether oxygens (including phenoxy) is 2. The predicted octanol–water partition coefficient (Wildman–Crippen LogP) is 5.95. The van der Waals surface area contributed by atoms with E-state index in [-0.39, 0.29) is 35.1 Å². The Kier molecular flexibility index (Phi) is 7.65. The minimum atomic E-state index is -0.546. The molecule has 36 heavy (non-hydrogen) atoms. The quantitative estimate of drug-likeness (QED) is 0.200. The van der Waals surface area contributed by atoms with Gasteiger partial charge in [0.15, 0.2) is 11.5 Å². The summed E-state index contributed by atoms with van der Waals surface area (Å²) in [7, 11) is 0. The van der Waals surface area contributed by atoms with E-state index >= 15 is 0 Å². The van der Waals surface area contributed by atoms with Gasteiger partial charge in [0.05, 0.1) is 23.0 Å². The number of rotatable bonds is 9. The molecule has 3 aromatic rings. The van der Waals surface area contributed by atoms with Crippen molar-refractivity contribution in [2.75, 3.05) is 6.61 Å². The number of hydrogen-bond acceptors (Lipinski definition) is 7. The summed E-state index contributed by atoms with van der Waals surface area (Å²) < 4.78 is 25.3. The van der Waals surface area contributed by atoms with Crippen molar-refractivity contribution in [1.29, 1.82) is 0 Å². The molecule has 0 unspecified atom stereocenters. The fourth-order valence-electron chi connectivity index (χ4n) is 3.55. The molecule has 0 N–H and O–H groups in total. The number of hydrogen-bond donors (Lipinski definition) is 0. The summed E-state index contributed by atoms with van der Waals surface area (Å²) in [4.78, 5) is 37.3. The average Bonchev–Trinajstić information content (AvgIpc) is 3.12. The van der Waals surface area contributed by atoms with Crippen LogP contribution in [-0.2, 0) is 17.9 Å². The highest BCUT2D eigenvalue weighted by Crippen LogP contribution is 2.36. The molecule has 0 aromatic heterocycles. The maximum absolute atomic E-state index is 13.9. The van der Waals surface area contributed by atoms with Gasteiger partial charge in [-0.2, -0.15) is 0 Å². The number of nitro benzene ring substituents is 1. The molecule has 0 bridgehead atoms. The number of halogens is 1. The van der Waals surface area contributed by atoms with Crippen LogP contribution in [0.1, 0.15) is 23.6 Å². The van der Waals surface area contributed by atoms with Crippen LogP contribution in [0.15, 0.2) is 71.6 Å². The van der Waals surface area contributed by atoms with Crippen molar-refractivity contribution in [1.82, 2.24) is 4.90 Å². The molecule has 0 saturated carbocycles. The third-order valence-corrected chi connectivity index (χ3v) is 6.20. The number of carbonyl (C=O) groups is 2. The third-order valence-electron chi connectivity index (χ3n) is 5.30. The van der Waals surface area contributed by atoms with Crippen LogP contribution < -0.4 is 9.47 Å². The van der Waals surface area contributed by atoms with E-state index in [1.54, 1.807) is 55.5 Å². The molecule has 0 aliphatic carbocycles. The maximum atomic E-state index is 13.9. The molecule has 10 heteroatoms. The van der Waals surface area contributed by atoms with Gasteiger partial charge < -0.3 is 9.47 Å². The summed E-state index contributed by atoms with van der Waals surface area (Å²) in [5, 5.41) is 10.8. The van der Waals surface area contributed by atoms with Crippen LogP contribution in [0.3, 0.4) is 0 Å². The van der Waals surface area contributed by atoms with Gasteiger partial charge in [-0.15, -0.1) is 0 Å². The Morgan fingerprint density at radius 3 is 2.44 bits per heavy atom. The number of thioether (sulfide) groups is 1. The molecule has 2 amide bonds. The van der Waals surface area contributed by atoms with E-state index < -0.39 is 16.1 Å². The normalized spacial score (nSPS) is 14.4. The second kappa shape index (κ2) is 11.0. The molecule has 4 rings (SSSR count). The Bertz CT molecular complexity index is 1360. The Hall–Kier alpha value is -4.18. The summed E-state index contributed by atoms with van der Waals surface area (Å²) in [6.45, 7) is 1.97. The predicted molar refractivity (Wildman–Crippen MR) is 133 cm³/mol. The van der Waals surface area contributed by atoms with Crippen molar-refractivity contribution in [3.8, 4) is 11.5 Å². The number of nitrogens with zero attached hydrogens (tertiary/aromatic N) is 2. The molecule has 1 fully saturated rings. The SMILES string of the molecule is CCOc1cc(/C=C2/SC(=O)N(Cc3ccccc3[N+](=O)[O-])C2=O)ccc1OCc1ccccc1F. The van der Waals surface area contributed by atoms with Crippen molar-refractivity contribution >= 4 is 34.7 Å². The van der Waals surface area contributed by atoms with Gasteiger partial charge in [-0.25, -0.2) is 4.39 Å². The Morgan fingerprint density at radius 2 is 1.72 bits per heavy atom. The van der Waals surface area contributed by atoms with E-state index in [2.05, 4.69) is 0 Å². The lowest BCUT2D eigenvalue weighted by atomic mass is 10.1. The number of para-hydroxylation sites is 1. The molecule has 1 saturated heterocycles. The van der Waals surface area contributed by atoms with Crippen molar-refractivity contribution < 1.29 is 28.4 Å². The van der Waals surface area contributed by atoms with E-state index in [4.69, 9.17) is 9.47 Å². The van der Waals surface area contributed by atoms with E-state index in [0.717, 1.165) is 16.7 Å². The Labute approximate surface area is 210 Å². The summed E-state index contributed by atoms with van der Waals surface area (Å²) in [5.74, 6) is -0.104. The second-order valence-corrected chi connectivity index (χ2v) is 8.67. The summed E-state index contributed by atoms with van der Waals surface area (Å²) in [5.41, 5.74) is 1.10. The van der Waals surface area contributed by atoms with Gasteiger partial charge in [0, 0.05) is 17.2 Å². The van der Waals surface area contributed by atoms with Crippen LogP contribution >= 0.6 is 11.8 Å². The largest absolute Gasteiger partial charge is 0.490 e. The lowest BCUT2D eigenvalue weighted by Crippen LogP contribution is -2.27. The molecule has 0 spiro atoms. The van der Waals surface area contributed by atoms with Crippen molar-refractivity contribution in [3.05, 3.63) is 104 Å². The number of amides is 2. The lowest BCUT2D eigenvalue weighted by Gasteiger charge is -2.13. The molecule has 1 aliphatic rings. The van der Waals surface area contributed by atoms with Crippen LogP contribution in [0, 0.1) is 15.9 Å².